The number of benzene rings is 1. The van der Waals surface area contributed by atoms with E-state index >= 15 is 0 Å². The van der Waals surface area contributed by atoms with Gasteiger partial charge in [0.1, 0.15) is 11.6 Å². The second kappa shape index (κ2) is 6.71. The normalized spacial score (nSPS) is 27.6. The van der Waals surface area contributed by atoms with Crippen LogP contribution in [0.5, 0.6) is 5.75 Å². The standard InChI is InChI=1S/C17H20ClFN2O4/c18-12-2-1-11(9-13(12)19)25-10-14(22)20-16-3-6-17(7-4-16,8-5-16)21-15(23)24/h1-2,9,21H,3-8,10H2,(H,20,22)(H,23,24). The first-order valence-electron chi connectivity index (χ1n) is 8.22. The van der Waals surface area contributed by atoms with Crippen LogP contribution in [-0.2, 0) is 4.79 Å². The minimum atomic E-state index is -0.998. The van der Waals surface area contributed by atoms with E-state index in [4.69, 9.17) is 21.4 Å². The van der Waals surface area contributed by atoms with Gasteiger partial charge in [0.2, 0.25) is 0 Å². The van der Waals surface area contributed by atoms with E-state index in [1.807, 2.05) is 0 Å². The molecule has 0 aliphatic heterocycles. The summed E-state index contributed by atoms with van der Waals surface area (Å²) in [4.78, 5) is 23.1. The van der Waals surface area contributed by atoms with Gasteiger partial charge in [-0.2, -0.15) is 0 Å². The quantitative estimate of drug-likeness (QED) is 0.743. The highest BCUT2D eigenvalue weighted by Crippen LogP contribution is 2.46. The molecule has 3 saturated carbocycles. The number of fused-ring (bicyclic) bond motifs is 3. The number of hydrogen-bond acceptors (Lipinski definition) is 3. The minimum absolute atomic E-state index is 0.00134. The summed E-state index contributed by atoms with van der Waals surface area (Å²) >= 11 is 5.60. The molecule has 25 heavy (non-hydrogen) atoms. The summed E-state index contributed by atoms with van der Waals surface area (Å²) in [6.45, 7) is -0.207. The molecule has 0 spiro atoms. The molecule has 4 rings (SSSR count). The van der Waals surface area contributed by atoms with Crippen molar-refractivity contribution in [1.29, 1.82) is 0 Å². The lowest BCUT2D eigenvalue weighted by atomic mass is 9.61. The number of ether oxygens (including phenoxy) is 1. The number of rotatable bonds is 5. The van der Waals surface area contributed by atoms with Crippen LogP contribution in [0.3, 0.4) is 0 Å². The predicted molar refractivity (Wildman–Crippen MR) is 89.4 cm³/mol. The van der Waals surface area contributed by atoms with Crippen LogP contribution < -0.4 is 15.4 Å². The summed E-state index contributed by atoms with van der Waals surface area (Å²) in [6.07, 6.45) is 3.33. The molecule has 0 saturated heterocycles. The fraction of sp³-hybridized carbons (Fsp3) is 0.529. The molecule has 0 radical (unpaired) electrons. The van der Waals surface area contributed by atoms with E-state index in [1.165, 1.54) is 12.1 Å². The van der Waals surface area contributed by atoms with E-state index in [9.17, 15) is 14.0 Å². The molecule has 136 valence electrons. The Kier molecular flexibility index (Phi) is 4.77. The number of carbonyl (C=O) groups is 2. The number of carbonyl (C=O) groups excluding carboxylic acids is 1. The van der Waals surface area contributed by atoms with Gasteiger partial charge in [0.15, 0.2) is 6.61 Å². The first kappa shape index (κ1) is 17.8. The Balaban J connectivity index is 1.52. The zero-order chi connectivity index (χ0) is 18.1. The highest BCUT2D eigenvalue weighted by molar-refractivity contribution is 6.30. The smallest absolute Gasteiger partial charge is 0.405 e. The summed E-state index contributed by atoms with van der Waals surface area (Å²) in [5.41, 5.74) is -0.650. The molecule has 0 atom stereocenters. The summed E-state index contributed by atoms with van der Waals surface area (Å²) in [5.74, 6) is -0.623. The van der Waals surface area contributed by atoms with Crippen LogP contribution in [0.15, 0.2) is 18.2 Å². The van der Waals surface area contributed by atoms with Crippen LogP contribution in [0.2, 0.25) is 5.02 Å². The van der Waals surface area contributed by atoms with Crippen LogP contribution >= 0.6 is 11.6 Å². The molecule has 3 N–H and O–H groups in total. The van der Waals surface area contributed by atoms with Crippen molar-refractivity contribution in [2.75, 3.05) is 6.61 Å². The molecule has 8 heteroatoms. The third-order valence-corrected chi connectivity index (χ3v) is 5.59. The first-order valence-corrected chi connectivity index (χ1v) is 8.59. The number of carboxylic acid groups (broad SMARTS) is 1. The molecule has 1 aromatic rings. The Morgan fingerprint density at radius 3 is 2.20 bits per heavy atom. The van der Waals surface area contributed by atoms with E-state index in [2.05, 4.69) is 10.6 Å². The van der Waals surface area contributed by atoms with Gasteiger partial charge in [0.25, 0.3) is 5.91 Å². The van der Waals surface area contributed by atoms with Gasteiger partial charge in [-0.25, -0.2) is 9.18 Å². The molecule has 2 amide bonds. The molecule has 6 nitrogen and oxygen atoms in total. The number of nitrogens with one attached hydrogen (secondary N) is 2. The average molecular weight is 371 g/mol. The summed E-state index contributed by atoms with van der Waals surface area (Å²) in [7, 11) is 0. The van der Waals surface area contributed by atoms with Crippen molar-refractivity contribution in [3.05, 3.63) is 29.0 Å². The van der Waals surface area contributed by atoms with Crippen molar-refractivity contribution in [2.45, 2.75) is 49.6 Å². The van der Waals surface area contributed by atoms with Crippen LogP contribution in [0, 0.1) is 5.82 Å². The highest BCUT2D eigenvalue weighted by atomic mass is 35.5. The number of amides is 2. The molecule has 0 heterocycles. The fourth-order valence-corrected chi connectivity index (χ4v) is 3.95. The topological polar surface area (TPSA) is 87.7 Å². The Hall–Kier alpha value is -2.02. The predicted octanol–water partition coefficient (Wildman–Crippen LogP) is 3.09. The van der Waals surface area contributed by atoms with Gasteiger partial charge in [-0.15, -0.1) is 0 Å². The molecule has 2 bridgehead atoms. The monoisotopic (exact) mass is 370 g/mol. The SMILES string of the molecule is O=C(O)NC12CCC(NC(=O)COc3ccc(Cl)c(F)c3)(CC1)CC2. The lowest BCUT2D eigenvalue weighted by Gasteiger charge is -2.53. The second-order valence-corrected chi connectivity index (χ2v) is 7.31. The van der Waals surface area contributed by atoms with Gasteiger partial charge in [-0.05, 0) is 50.7 Å². The Labute approximate surface area is 149 Å². The zero-order valence-corrected chi connectivity index (χ0v) is 14.4. The molecule has 1 aromatic carbocycles. The maximum absolute atomic E-state index is 13.4. The van der Waals surface area contributed by atoms with Gasteiger partial charge in [-0.1, -0.05) is 11.6 Å². The van der Waals surface area contributed by atoms with E-state index < -0.39 is 11.9 Å². The molecular formula is C17H20ClFN2O4. The van der Waals surface area contributed by atoms with Crippen molar-refractivity contribution in [2.24, 2.45) is 0 Å². The first-order chi connectivity index (χ1) is 11.8. The minimum Gasteiger partial charge on any atom is -0.484 e. The third kappa shape index (κ3) is 3.98. The van der Waals surface area contributed by atoms with Crippen molar-refractivity contribution < 1.29 is 23.8 Å². The van der Waals surface area contributed by atoms with Crippen LogP contribution in [0.25, 0.3) is 0 Å². The molecule has 3 aliphatic carbocycles. The van der Waals surface area contributed by atoms with Crippen LogP contribution in [0.1, 0.15) is 38.5 Å². The fourth-order valence-electron chi connectivity index (χ4n) is 3.83. The summed E-state index contributed by atoms with van der Waals surface area (Å²) in [5, 5.41) is 14.6. The van der Waals surface area contributed by atoms with Crippen molar-refractivity contribution in [1.82, 2.24) is 10.6 Å². The molecule has 3 fully saturated rings. The molecule has 0 unspecified atom stereocenters. The van der Waals surface area contributed by atoms with E-state index in [0.717, 1.165) is 25.3 Å². The van der Waals surface area contributed by atoms with Gasteiger partial charge in [0, 0.05) is 17.1 Å². The van der Waals surface area contributed by atoms with E-state index in [1.54, 1.807) is 0 Å². The Bertz CT molecular complexity index is 673. The van der Waals surface area contributed by atoms with Crippen molar-refractivity contribution in [3.8, 4) is 5.75 Å². The summed E-state index contributed by atoms with van der Waals surface area (Å²) < 4.78 is 18.7. The lowest BCUT2D eigenvalue weighted by Crippen LogP contribution is -2.64. The average Bonchev–Trinajstić information content (AvgIpc) is 2.57. The van der Waals surface area contributed by atoms with Gasteiger partial charge in [0.05, 0.1) is 5.02 Å². The third-order valence-electron chi connectivity index (χ3n) is 5.28. The molecule has 3 aliphatic rings. The Morgan fingerprint density at radius 1 is 1.12 bits per heavy atom. The van der Waals surface area contributed by atoms with E-state index in [0.29, 0.717) is 19.3 Å². The van der Waals surface area contributed by atoms with Crippen LogP contribution in [-0.4, -0.2) is 34.8 Å². The molecular weight excluding hydrogens is 351 g/mol. The van der Waals surface area contributed by atoms with E-state index in [-0.39, 0.29) is 34.4 Å². The maximum atomic E-state index is 13.4. The highest BCUT2D eigenvalue weighted by Gasteiger charge is 2.49. The lowest BCUT2D eigenvalue weighted by molar-refractivity contribution is -0.126. The molecule has 0 aromatic heterocycles. The largest absolute Gasteiger partial charge is 0.484 e. The van der Waals surface area contributed by atoms with Gasteiger partial charge < -0.3 is 20.5 Å². The number of halogens is 2. The number of hydrogen-bond donors (Lipinski definition) is 3. The van der Waals surface area contributed by atoms with Crippen LogP contribution in [0.4, 0.5) is 9.18 Å². The zero-order valence-electron chi connectivity index (χ0n) is 13.6. The van der Waals surface area contributed by atoms with Gasteiger partial charge >= 0.3 is 6.09 Å². The van der Waals surface area contributed by atoms with Crippen molar-refractivity contribution in [3.63, 3.8) is 0 Å². The Morgan fingerprint density at radius 2 is 1.68 bits per heavy atom. The van der Waals surface area contributed by atoms with Crippen molar-refractivity contribution >= 4 is 23.6 Å². The maximum Gasteiger partial charge on any atom is 0.405 e. The summed E-state index contributed by atoms with van der Waals surface area (Å²) in [6, 6.07) is 4.02. The second-order valence-electron chi connectivity index (χ2n) is 6.90. The van der Waals surface area contributed by atoms with Gasteiger partial charge in [-0.3, -0.25) is 4.79 Å².